The Bertz CT molecular complexity index is 248. The molecule has 0 amide bonds. The number of para-hydroxylation sites is 1. The highest BCUT2D eigenvalue weighted by molar-refractivity contribution is 5.45. The van der Waals surface area contributed by atoms with Gasteiger partial charge >= 0.3 is 0 Å². The molecule has 0 fully saturated rings. The summed E-state index contributed by atoms with van der Waals surface area (Å²) in [6.07, 6.45) is 1.09. The van der Waals surface area contributed by atoms with E-state index >= 15 is 0 Å². The lowest BCUT2D eigenvalue weighted by Gasteiger charge is -2.22. The standard InChI is InChI=1S/C13H21NO/c1-3-11-15-12-10-14(4-2)13-8-6-5-7-9-13/h5-9H,3-4,10-12H2,1-2H3. The van der Waals surface area contributed by atoms with Gasteiger partial charge in [-0.1, -0.05) is 25.1 Å². The van der Waals surface area contributed by atoms with Crippen LogP contribution in [0, 0.1) is 0 Å². The molecule has 84 valence electrons. The fourth-order valence-electron chi connectivity index (χ4n) is 1.53. The minimum atomic E-state index is 0.816. The topological polar surface area (TPSA) is 12.5 Å². The average molecular weight is 207 g/mol. The molecule has 0 aliphatic heterocycles. The molecule has 1 aromatic carbocycles. The summed E-state index contributed by atoms with van der Waals surface area (Å²) in [4.78, 5) is 2.33. The number of rotatable bonds is 7. The highest BCUT2D eigenvalue weighted by Gasteiger charge is 2.02. The van der Waals surface area contributed by atoms with Gasteiger partial charge in [0.05, 0.1) is 6.61 Å². The Kier molecular flexibility index (Phi) is 5.86. The Morgan fingerprint density at radius 2 is 1.80 bits per heavy atom. The number of likely N-dealkylation sites (N-methyl/N-ethyl adjacent to an activating group) is 1. The first-order valence-electron chi connectivity index (χ1n) is 5.76. The highest BCUT2D eigenvalue weighted by atomic mass is 16.5. The fraction of sp³-hybridized carbons (Fsp3) is 0.538. The molecule has 0 N–H and O–H groups in total. The zero-order valence-electron chi connectivity index (χ0n) is 9.78. The molecular formula is C13H21NO. The molecule has 2 heteroatoms. The molecular weight excluding hydrogens is 186 g/mol. The molecule has 0 atom stereocenters. The molecule has 0 spiro atoms. The van der Waals surface area contributed by atoms with Crippen molar-refractivity contribution in [2.24, 2.45) is 0 Å². The van der Waals surface area contributed by atoms with Crippen LogP contribution in [0.4, 0.5) is 5.69 Å². The molecule has 1 rings (SSSR count). The summed E-state index contributed by atoms with van der Waals surface area (Å²) in [5.41, 5.74) is 1.28. The highest BCUT2D eigenvalue weighted by Crippen LogP contribution is 2.11. The maximum atomic E-state index is 5.49. The van der Waals surface area contributed by atoms with Gasteiger partial charge in [0, 0.05) is 25.4 Å². The first kappa shape index (κ1) is 12.1. The Morgan fingerprint density at radius 1 is 1.07 bits per heavy atom. The monoisotopic (exact) mass is 207 g/mol. The van der Waals surface area contributed by atoms with E-state index in [1.54, 1.807) is 0 Å². The van der Waals surface area contributed by atoms with Gasteiger partial charge in [0.25, 0.3) is 0 Å². The molecule has 0 bridgehead atoms. The van der Waals surface area contributed by atoms with Gasteiger partial charge in [-0.15, -0.1) is 0 Å². The summed E-state index contributed by atoms with van der Waals surface area (Å²) in [7, 11) is 0. The Balaban J connectivity index is 2.36. The Labute approximate surface area is 92.9 Å². The van der Waals surface area contributed by atoms with E-state index in [4.69, 9.17) is 4.74 Å². The average Bonchev–Trinajstić information content (AvgIpc) is 2.30. The lowest BCUT2D eigenvalue weighted by molar-refractivity contribution is 0.141. The van der Waals surface area contributed by atoms with Crippen molar-refractivity contribution in [1.29, 1.82) is 0 Å². The minimum absolute atomic E-state index is 0.816. The maximum absolute atomic E-state index is 5.49. The summed E-state index contributed by atoms with van der Waals surface area (Å²) < 4.78 is 5.49. The molecule has 0 saturated carbocycles. The fourth-order valence-corrected chi connectivity index (χ4v) is 1.53. The van der Waals surface area contributed by atoms with Crippen molar-refractivity contribution in [2.75, 3.05) is 31.2 Å². The summed E-state index contributed by atoms with van der Waals surface area (Å²) in [5, 5.41) is 0. The lowest BCUT2D eigenvalue weighted by atomic mass is 10.3. The van der Waals surface area contributed by atoms with Gasteiger partial charge in [-0.25, -0.2) is 0 Å². The van der Waals surface area contributed by atoms with E-state index in [1.165, 1.54) is 5.69 Å². The van der Waals surface area contributed by atoms with E-state index in [0.717, 1.165) is 32.7 Å². The van der Waals surface area contributed by atoms with Crippen molar-refractivity contribution in [2.45, 2.75) is 20.3 Å². The largest absolute Gasteiger partial charge is 0.380 e. The number of ether oxygens (including phenoxy) is 1. The van der Waals surface area contributed by atoms with Gasteiger partial charge in [0.1, 0.15) is 0 Å². The van der Waals surface area contributed by atoms with Crippen molar-refractivity contribution in [3.63, 3.8) is 0 Å². The molecule has 0 unspecified atom stereocenters. The van der Waals surface area contributed by atoms with Crippen LogP contribution in [0.3, 0.4) is 0 Å². The second-order valence-corrected chi connectivity index (χ2v) is 3.53. The number of hydrogen-bond acceptors (Lipinski definition) is 2. The van der Waals surface area contributed by atoms with Gasteiger partial charge in [0.15, 0.2) is 0 Å². The molecule has 2 nitrogen and oxygen atoms in total. The van der Waals surface area contributed by atoms with Crippen molar-refractivity contribution in [3.05, 3.63) is 30.3 Å². The SMILES string of the molecule is CCCOCCN(CC)c1ccccc1. The first-order chi connectivity index (χ1) is 7.38. The van der Waals surface area contributed by atoms with Crippen molar-refractivity contribution < 1.29 is 4.74 Å². The second-order valence-electron chi connectivity index (χ2n) is 3.53. The van der Waals surface area contributed by atoms with Crippen LogP contribution in [-0.4, -0.2) is 26.3 Å². The van der Waals surface area contributed by atoms with Gasteiger partial charge in [-0.3, -0.25) is 0 Å². The zero-order valence-corrected chi connectivity index (χ0v) is 9.78. The van der Waals surface area contributed by atoms with Gasteiger partial charge in [-0.05, 0) is 25.5 Å². The molecule has 15 heavy (non-hydrogen) atoms. The Hall–Kier alpha value is -1.02. The minimum Gasteiger partial charge on any atom is -0.380 e. The van der Waals surface area contributed by atoms with Gasteiger partial charge in [0.2, 0.25) is 0 Å². The quantitative estimate of drug-likeness (QED) is 0.637. The van der Waals surface area contributed by atoms with Crippen LogP contribution >= 0.6 is 0 Å². The van der Waals surface area contributed by atoms with Crippen molar-refractivity contribution in [1.82, 2.24) is 0 Å². The van der Waals surface area contributed by atoms with Crippen LogP contribution in [0.25, 0.3) is 0 Å². The summed E-state index contributed by atoms with van der Waals surface area (Å²) in [6.45, 7) is 7.99. The van der Waals surface area contributed by atoms with Crippen LogP contribution in [0.2, 0.25) is 0 Å². The Morgan fingerprint density at radius 3 is 2.40 bits per heavy atom. The van der Waals surface area contributed by atoms with E-state index in [9.17, 15) is 0 Å². The predicted molar refractivity (Wildman–Crippen MR) is 65.4 cm³/mol. The van der Waals surface area contributed by atoms with Crippen LogP contribution in [0.15, 0.2) is 30.3 Å². The van der Waals surface area contributed by atoms with Crippen LogP contribution in [0.1, 0.15) is 20.3 Å². The molecule has 0 saturated heterocycles. The van der Waals surface area contributed by atoms with Gasteiger partial charge in [-0.2, -0.15) is 0 Å². The third kappa shape index (κ3) is 4.34. The van der Waals surface area contributed by atoms with Crippen LogP contribution < -0.4 is 4.90 Å². The van der Waals surface area contributed by atoms with E-state index in [0.29, 0.717) is 0 Å². The normalized spacial score (nSPS) is 10.3. The van der Waals surface area contributed by atoms with Crippen LogP contribution in [0.5, 0.6) is 0 Å². The number of benzene rings is 1. The van der Waals surface area contributed by atoms with Crippen LogP contribution in [-0.2, 0) is 4.74 Å². The summed E-state index contributed by atoms with van der Waals surface area (Å²) >= 11 is 0. The smallest absolute Gasteiger partial charge is 0.0641 e. The van der Waals surface area contributed by atoms with E-state index < -0.39 is 0 Å². The van der Waals surface area contributed by atoms with E-state index in [2.05, 4.69) is 43.0 Å². The van der Waals surface area contributed by atoms with Gasteiger partial charge < -0.3 is 9.64 Å². The zero-order chi connectivity index (χ0) is 10.9. The van der Waals surface area contributed by atoms with Crippen molar-refractivity contribution >= 4 is 5.69 Å². The number of nitrogens with zero attached hydrogens (tertiary/aromatic N) is 1. The first-order valence-corrected chi connectivity index (χ1v) is 5.76. The molecule has 0 aromatic heterocycles. The lowest BCUT2D eigenvalue weighted by Crippen LogP contribution is -2.27. The maximum Gasteiger partial charge on any atom is 0.0641 e. The molecule has 0 aliphatic carbocycles. The summed E-state index contributed by atoms with van der Waals surface area (Å²) in [5.74, 6) is 0. The molecule has 0 aliphatic rings. The van der Waals surface area contributed by atoms with E-state index in [1.807, 2.05) is 6.07 Å². The number of anilines is 1. The molecule has 0 radical (unpaired) electrons. The van der Waals surface area contributed by atoms with E-state index in [-0.39, 0.29) is 0 Å². The third-order valence-corrected chi connectivity index (χ3v) is 2.36. The predicted octanol–water partition coefficient (Wildman–Crippen LogP) is 2.94. The van der Waals surface area contributed by atoms with Crippen molar-refractivity contribution in [3.8, 4) is 0 Å². The molecule has 1 aromatic rings. The summed E-state index contributed by atoms with van der Waals surface area (Å²) in [6, 6.07) is 10.5. The second kappa shape index (κ2) is 7.30. The third-order valence-electron chi connectivity index (χ3n) is 2.36. The molecule has 0 heterocycles. The number of hydrogen-bond donors (Lipinski definition) is 0.